The number of amides is 1. The van der Waals surface area contributed by atoms with Crippen LogP contribution < -0.4 is 11.1 Å². The third-order valence-corrected chi connectivity index (χ3v) is 2.77. The van der Waals surface area contributed by atoms with Crippen LogP contribution in [-0.2, 0) is 9.53 Å². The van der Waals surface area contributed by atoms with Crippen LogP contribution >= 0.6 is 0 Å². The van der Waals surface area contributed by atoms with Crippen LogP contribution in [0.15, 0.2) is 28.8 Å². The molecule has 0 aliphatic rings. The standard InChI is InChI=1S/C14H15N3O4/c1-8-4-3-5-10(13(8)15)14(19)20-7-12(18)16-11-6-9(2)21-17-11/h3-6H,7,15H2,1-2H3,(H,16,17,18). The second-order valence-corrected chi connectivity index (χ2v) is 4.48. The lowest BCUT2D eigenvalue weighted by Gasteiger charge is -2.08. The molecule has 2 aromatic rings. The summed E-state index contributed by atoms with van der Waals surface area (Å²) in [7, 11) is 0. The van der Waals surface area contributed by atoms with Gasteiger partial charge in [-0.2, -0.15) is 0 Å². The van der Waals surface area contributed by atoms with Crippen molar-refractivity contribution in [3.8, 4) is 0 Å². The van der Waals surface area contributed by atoms with E-state index in [2.05, 4.69) is 10.5 Å². The molecule has 1 aromatic heterocycles. The Kier molecular flexibility index (Phi) is 4.22. The number of ether oxygens (including phenoxy) is 1. The highest BCUT2D eigenvalue weighted by Crippen LogP contribution is 2.17. The lowest BCUT2D eigenvalue weighted by molar-refractivity contribution is -0.119. The lowest BCUT2D eigenvalue weighted by Crippen LogP contribution is -2.21. The number of esters is 1. The number of nitrogens with zero attached hydrogens (tertiary/aromatic N) is 1. The minimum Gasteiger partial charge on any atom is -0.452 e. The summed E-state index contributed by atoms with van der Waals surface area (Å²) < 4.78 is 9.72. The van der Waals surface area contributed by atoms with E-state index in [1.165, 1.54) is 0 Å². The predicted octanol–water partition coefficient (Wildman–Crippen LogP) is 1.67. The average Bonchev–Trinajstić information content (AvgIpc) is 2.84. The SMILES string of the molecule is Cc1cc(NC(=O)COC(=O)c2cccc(C)c2N)no1. The average molecular weight is 289 g/mol. The highest BCUT2D eigenvalue weighted by atomic mass is 16.5. The second-order valence-electron chi connectivity index (χ2n) is 4.48. The summed E-state index contributed by atoms with van der Waals surface area (Å²) in [5, 5.41) is 6.04. The third kappa shape index (κ3) is 3.59. The summed E-state index contributed by atoms with van der Waals surface area (Å²) in [5.41, 5.74) is 7.14. The molecule has 0 aliphatic carbocycles. The monoisotopic (exact) mass is 289 g/mol. The molecule has 0 aliphatic heterocycles. The molecule has 0 atom stereocenters. The zero-order valence-electron chi connectivity index (χ0n) is 11.7. The fourth-order valence-electron chi connectivity index (χ4n) is 1.67. The Morgan fingerprint density at radius 1 is 1.38 bits per heavy atom. The number of para-hydroxylation sites is 1. The molecule has 1 amide bonds. The molecule has 110 valence electrons. The first kappa shape index (κ1) is 14.6. The number of nitrogens with two attached hydrogens (primary N) is 1. The van der Waals surface area contributed by atoms with E-state index in [9.17, 15) is 9.59 Å². The summed E-state index contributed by atoms with van der Waals surface area (Å²) in [4.78, 5) is 23.5. The van der Waals surface area contributed by atoms with Gasteiger partial charge in [0.05, 0.1) is 5.56 Å². The zero-order chi connectivity index (χ0) is 15.4. The molecule has 21 heavy (non-hydrogen) atoms. The van der Waals surface area contributed by atoms with Crippen LogP contribution in [0.5, 0.6) is 0 Å². The van der Waals surface area contributed by atoms with E-state index in [1.807, 2.05) is 0 Å². The molecular weight excluding hydrogens is 274 g/mol. The number of nitrogen functional groups attached to an aromatic ring is 1. The molecule has 0 saturated heterocycles. The minimum atomic E-state index is -0.650. The van der Waals surface area contributed by atoms with Crippen molar-refractivity contribution in [3.63, 3.8) is 0 Å². The van der Waals surface area contributed by atoms with Crippen molar-refractivity contribution in [1.82, 2.24) is 5.16 Å². The largest absolute Gasteiger partial charge is 0.452 e. The van der Waals surface area contributed by atoms with Crippen LogP contribution in [0.2, 0.25) is 0 Å². The van der Waals surface area contributed by atoms with Crippen molar-refractivity contribution in [1.29, 1.82) is 0 Å². The molecule has 0 spiro atoms. The van der Waals surface area contributed by atoms with Gasteiger partial charge in [-0.3, -0.25) is 4.79 Å². The third-order valence-electron chi connectivity index (χ3n) is 2.77. The maximum absolute atomic E-state index is 11.9. The van der Waals surface area contributed by atoms with Gasteiger partial charge in [-0.1, -0.05) is 17.3 Å². The predicted molar refractivity (Wildman–Crippen MR) is 75.7 cm³/mol. The van der Waals surface area contributed by atoms with Crippen molar-refractivity contribution < 1.29 is 18.8 Å². The number of benzene rings is 1. The van der Waals surface area contributed by atoms with Crippen LogP contribution in [-0.4, -0.2) is 23.6 Å². The second kappa shape index (κ2) is 6.08. The smallest absolute Gasteiger partial charge is 0.340 e. The maximum atomic E-state index is 11.9. The van der Waals surface area contributed by atoms with Gasteiger partial charge in [0.25, 0.3) is 5.91 Å². The number of carbonyl (C=O) groups is 2. The van der Waals surface area contributed by atoms with E-state index >= 15 is 0 Å². The van der Waals surface area contributed by atoms with Gasteiger partial charge in [0.15, 0.2) is 12.4 Å². The normalized spacial score (nSPS) is 10.2. The van der Waals surface area contributed by atoms with E-state index in [0.717, 1.165) is 5.56 Å². The zero-order valence-corrected chi connectivity index (χ0v) is 11.7. The molecule has 0 bridgehead atoms. The lowest BCUT2D eigenvalue weighted by atomic mass is 10.1. The molecule has 3 N–H and O–H groups in total. The Morgan fingerprint density at radius 3 is 2.81 bits per heavy atom. The molecule has 2 rings (SSSR count). The van der Waals surface area contributed by atoms with Gasteiger partial charge >= 0.3 is 5.97 Å². The molecular formula is C14H15N3O4. The van der Waals surface area contributed by atoms with Gasteiger partial charge in [0.2, 0.25) is 0 Å². The van der Waals surface area contributed by atoms with Crippen LogP contribution in [0.1, 0.15) is 21.7 Å². The fourth-order valence-corrected chi connectivity index (χ4v) is 1.67. The Bertz CT molecular complexity index is 679. The number of carbonyl (C=O) groups excluding carboxylic acids is 2. The number of rotatable bonds is 4. The molecule has 0 radical (unpaired) electrons. The molecule has 1 aromatic carbocycles. The van der Waals surface area contributed by atoms with Crippen LogP contribution in [0.25, 0.3) is 0 Å². The molecule has 0 unspecified atom stereocenters. The Balaban J connectivity index is 1.92. The maximum Gasteiger partial charge on any atom is 0.340 e. The van der Waals surface area contributed by atoms with Crippen molar-refractivity contribution in [3.05, 3.63) is 41.2 Å². The number of aromatic nitrogens is 1. The van der Waals surface area contributed by atoms with Crippen LogP contribution in [0.3, 0.4) is 0 Å². The fraction of sp³-hybridized carbons (Fsp3) is 0.214. The van der Waals surface area contributed by atoms with Gasteiger partial charge in [0.1, 0.15) is 5.76 Å². The number of hydrogen-bond acceptors (Lipinski definition) is 6. The van der Waals surface area contributed by atoms with Crippen molar-refractivity contribution in [2.45, 2.75) is 13.8 Å². The number of hydrogen-bond donors (Lipinski definition) is 2. The number of anilines is 2. The van der Waals surface area contributed by atoms with Gasteiger partial charge in [-0.05, 0) is 25.5 Å². The Hall–Kier alpha value is -2.83. The van der Waals surface area contributed by atoms with Gasteiger partial charge in [0, 0.05) is 11.8 Å². The first-order chi connectivity index (χ1) is 9.97. The van der Waals surface area contributed by atoms with E-state index in [4.69, 9.17) is 15.0 Å². The van der Waals surface area contributed by atoms with E-state index in [0.29, 0.717) is 11.4 Å². The van der Waals surface area contributed by atoms with Crippen LogP contribution in [0.4, 0.5) is 11.5 Å². The summed E-state index contributed by atoms with van der Waals surface area (Å²) in [6.45, 7) is 3.05. The van der Waals surface area contributed by atoms with E-state index < -0.39 is 18.5 Å². The van der Waals surface area contributed by atoms with Gasteiger partial charge in [-0.15, -0.1) is 0 Å². The summed E-state index contributed by atoms with van der Waals surface area (Å²) in [6.07, 6.45) is 0. The number of aryl methyl sites for hydroxylation is 2. The van der Waals surface area contributed by atoms with Crippen LogP contribution in [0, 0.1) is 13.8 Å². The molecule has 0 saturated carbocycles. The molecule has 7 nitrogen and oxygen atoms in total. The summed E-state index contributed by atoms with van der Waals surface area (Å²) >= 11 is 0. The molecule has 0 fully saturated rings. The van der Waals surface area contributed by atoms with E-state index in [1.54, 1.807) is 38.1 Å². The summed E-state index contributed by atoms with van der Waals surface area (Å²) in [5.74, 6) is -0.330. The first-order valence-electron chi connectivity index (χ1n) is 6.22. The Labute approximate surface area is 121 Å². The van der Waals surface area contributed by atoms with Crippen molar-refractivity contribution in [2.24, 2.45) is 0 Å². The topological polar surface area (TPSA) is 107 Å². The van der Waals surface area contributed by atoms with Gasteiger partial charge in [-0.25, -0.2) is 4.79 Å². The van der Waals surface area contributed by atoms with Crippen molar-refractivity contribution >= 4 is 23.4 Å². The quantitative estimate of drug-likeness (QED) is 0.654. The number of nitrogens with one attached hydrogen (secondary N) is 1. The summed E-state index contributed by atoms with van der Waals surface area (Å²) in [6, 6.07) is 6.58. The van der Waals surface area contributed by atoms with E-state index in [-0.39, 0.29) is 11.4 Å². The Morgan fingerprint density at radius 2 is 2.14 bits per heavy atom. The molecule has 7 heteroatoms. The highest BCUT2D eigenvalue weighted by molar-refractivity contribution is 5.98. The highest BCUT2D eigenvalue weighted by Gasteiger charge is 2.14. The first-order valence-corrected chi connectivity index (χ1v) is 6.22. The van der Waals surface area contributed by atoms with Gasteiger partial charge < -0.3 is 20.3 Å². The van der Waals surface area contributed by atoms with Crippen molar-refractivity contribution in [2.75, 3.05) is 17.7 Å². The minimum absolute atomic E-state index is 0.236. The molecule has 1 heterocycles.